The van der Waals surface area contributed by atoms with Crippen LogP contribution < -0.4 is 0 Å². The van der Waals surface area contributed by atoms with E-state index in [0.29, 0.717) is 6.42 Å². The van der Waals surface area contributed by atoms with Gasteiger partial charge in [-0.05, 0) is 30.6 Å². The van der Waals surface area contributed by atoms with Gasteiger partial charge in [-0.15, -0.1) is 5.54 Å². The second-order valence-corrected chi connectivity index (χ2v) is 9.29. The van der Waals surface area contributed by atoms with Gasteiger partial charge in [-0.2, -0.15) is 0 Å². The van der Waals surface area contributed by atoms with Crippen molar-refractivity contribution >= 4 is 8.07 Å². The molecule has 0 bridgehead atoms. The quantitative estimate of drug-likeness (QED) is 0.422. The zero-order chi connectivity index (χ0) is 13.9. The number of aliphatic hydroxyl groups excluding tert-OH is 2. The Morgan fingerprint density at radius 3 is 2.06 bits per heavy atom. The van der Waals surface area contributed by atoms with E-state index in [1.54, 1.807) is 12.2 Å². The van der Waals surface area contributed by atoms with Crippen LogP contribution in [0.3, 0.4) is 0 Å². The summed E-state index contributed by atoms with van der Waals surface area (Å²) in [4.78, 5) is 0. The fraction of sp³-hybridized carbons (Fsp3) is 0.600. The molecule has 18 heavy (non-hydrogen) atoms. The van der Waals surface area contributed by atoms with Gasteiger partial charge in [-0.1, -0.05) is 38.8 Å². The van der Waals surface area contributed by atoms with Crippen LogP contribution in [0.2, 0.25) is 18.1 Å². The third kappa shape index (κ3) is 6.20. The summed E-state index contributed by atoms with van der Waals surface area (Å²) in [5.41, 5.74) is 4.46. The Morgan fingerprint density at radius 1 is 1.00 bits per heavy atom. The van der Waals surface area contributed by atoms with Crippen molar-refractivity contribution in [2.24, 2.45) is 0 Å². The molecule has 2 nitrogen and oxygen atoms in total. The summed E-state index contributed by atoms with van der Waals surface area (Å²) in [5, 5.41) is 17.7. The van der Waals surface area contributed by atoms with Crippen molar-refractivity contribution in [3.63, 3.8) is 0 Å². The number of aliphatic hydroxyl groups is 2. The zero-order valence-corrected chi connectivity index (χ0v) is 12.9. The van der Waals surface area contributed by atoms with Crippen LogP contribution in [0.15, 0.2) is 23.8 Å². The van der Waals surface area contributed by atoms with Crippen LogP contribution in [-0.2, 0) is 0 Å². The van der Waals surface area contributed by atoms with Gasteiger partial charge < -0.3 is 10.2 Å². The monoisotopic (exact) mass is 266 g/mol. The molecule has 0 fully saturated rings. The fourth-order valence-electron chi connectivity index (χ4n) is 1.81. The lowest BCUT2D eigenvalue weighted by atomic mass is 10.2. The van der Waals surface area contributed by atoms with Gasteiger partial charge in [-0.3, -0.25) is 0 Å². The van der Waals surface area contributed by atoms with E-state index >= 15 is 0 Å². The first-order chi connectivity index (χ1) is 8.67. The normalized spacial score (nSPS) is 12.6. The summed E-state index contributed by atoms with van der Waals surface area (Å²) < 4.78 is 0. The lowest BCUT2D eigenvalue weighted by Gasteiger charge is -2.20. The van der Waals surface area contributed by atoms with Crippen LogP contribution in [-0.4, -0.2) is 31.5 Å². The molecule has 0 aromatic rings. The van der Waals surface area contributed by atoms with Gasteiger partial charge in [0.05, 0.1) is 13.2 Å². The minimum absolute atomic E-state index is 0.0237. The summed E-state index contributed by atoms with van der Waals surface area (Å²) in [6.45, 7) is 6.77. The SMILES string of the molecule is CC[Si](C#C/C(=C\CO)C/C=C/CO)(CC)CC. The highest BCUT2D eigenvalue weighted by Gasteiger charge is 2.24. The highest BCUT2D eigenvalue weighted by molar-refractivity contribution is 6.87. The molecule has 0 rings (SSSR count). The molecule has 0 saturated heterocycles. The Bertz CT molecular complexity index is 322. The van der Waals surface area contributed by atoms with E-state index in [2.05, 4.69) is 32.2 Å². The van der Waals surface area contributed by atoms with Gasteiger partial charge in [0.25, 0.3) is 0 Å². The summed E-state index contributed by atoms with van der Waals surface area (Å²) in [7, 11) is -1.41. The molecule has 0 heterocycles. The molecule has 0 aliphatic rings. The lowest BCUT2D eigenvalue weighted by molar-refractivity contribution is 0.342. The van der Waals surface area contributed by atoms with Crippen molar-refractivity contribution < 1.29 is 10.2 Å². The van der Waals surface area contributed by atoms with E-state index in [1.807, 2.05) is 6.08 Å². The van der Waals surface area contributed by atoms with E-state index in [4.69, 9.17) is 10.2 Å². The second kappa shape index (κ2) is 10.1. The Labute approximate surface area is 112 Å². The molecule has 0 unspecified atom stereocenters. The van der Waals surface area contributed by atoms with Crippen molar-refractivity contribution in [1.82, 2.24) is 0 Å². The molecule has 0 aromatic carbocycles. The first kappa shape index (κ1) is 17.2. The standard InChI is InChI=1S/C15H26O2Si/c1-4-18(5-2,6-3)14-11-15(10-13-17)9-7-8-12-16/h7-8,10,16-17H,4-6,9,12-13H2,1-3H3/b8-7+,15-10-. The number of rotatable bonds is 7. The Balaban J connectivity index is 4.87. The van der Waals surface area contributed by atoms with E-state index in [0.717, 1.165) is 5.57 Å². The minimum Gasteiger partial charge on any atom is -0.392 e. The molecule has 0 aromatic heterocycles. The van der Waals surface area contributed by atoms with Crippen LogP contribution in [0.4, 0.5) is 0 Å². The number of hydrogen-bond donors (Lipinski definition) is 2. The van der Waals surface area contributed by atoms with Crippen LogP contribution in [0.5, 0.6) is 0 Å². The minimum atomic E-state index is -1.41. The average Bonchev–Trinajstić information content (AvgIpc) is 2.41. The predicted molar refractivity (Wildman–Crippen MR) is 81.0 cm³/mol. The third-order valence-corrected chi connectivity index (χ3v) is 8.18. The van der Waals surface area contributed by atoms with Gasteiger partial charge in [0.2, 0.25) is 0 Å². The molecule has 2 N–H and O–H groups in total. The van der Waals surface area contributed by atoms with E-state index in [1.165, 1.54) is 18.1 Å². The Morgan fingerprint density at radius 2 is 1.61 bits per heavy atom. The summed E-state index contributed by atoms with van der Waals surface area (Å²) in [6.07, 6.45) is 6.05. The predicted octanol–water partition coefficient (Wildman–Crippen LogP) is 2.89. The van der Waals surface area contributed by atoms with Crippen LogP contribution in [0.25, 0.3) is 0 Å². The maximum absolute atomic E-state index is 8.99. The van der Waals surface area contributed by atoms with Crippen LogP contribution >= 0.6 is 0 Å². The molecular weight excluding hydrogens is 240 g/mol. The van der Waals surface area contributed by atoms with Crippen LogP contribution in [0.1, 0.15) is 27.2 Å². The summed E-state index contributed by atoms with van der Waals surface area (Å²) in [5.74, 6) is 3.25. The van der Waals surface area contributed by atoms with Crippen LogP contribution in [0, 0.1) is 11.5 Å². The molecule has 0 radical (unpaired) electrons. The third-order valence-electron chi connectivity index (χ3n) is 3.47. The maximum Gasteiger partial charge on any atom is 0.138 e. The molecule has 0 aliphatic carbocycles. The van der Waals surface area contributed by atoms with E-state index in [-0.39, 0.29) is 13.2 Å². The summed E-state index contributed by atoms with van der Waals surface area (Å²) in [6, 6.07) is 3.56. The number of allylic oxidation sites excluding steroid dienone is 2. The van der Waals surface area contributed by atoms with Gasteiger partial charge >= 0.3 is 0 Å². The zero-order valence-electron chi connectivity index (χ0n) is 11.9. The molecule has 3 heteroatoms. The van der Waals surface area contributed by atoms with Gasteiger partial charge in [0.15, 0.2) is 0 Å². The first-order valence-electron chi connectivity index (χ1n) is 6.76. The van der Waals surface area contributed by atoms with Crippen molar-refractivity contribution in [2.75, 3.05) is 13.2 Å². The second-order valence-electron chi connectivity index (χ2n) is 4.36. The molecule has 0 aliphatic heterocycles. The molecule has 0 saturated carbocycles. The Hall–Kier alpha value is -0.823. The fourth-order valence-corrected chi connectivity index (χ4v) is 4.26. The van der Waals surface area contributed by atoms with Crippen molar-refractivity contribution in [2.45, 2.75) is 45.3 Å². The van der Waals surface area contributed by atoms with E-state index < -0.39 is 8.07 Å². The van der Waals surface area contributed by atoms with Crippen molar-refractivity contribution in [3.8, 4) is 11.5 Å². The van der Waals surface area contributed by atoms with E-state index in [9.17, 15) is 0 Å². The van der Waals surface area contributed by atoms with Gasteiger partial charge in [0, 0.05) is 5.57 Å². The molecule has 0 spiro atoms. The summed E-state index contributed by atoms with van der Waals surface area (Å²) >= 11 is 0. The first-order valence-corrected chi connectivity index (χ1v) is 9.39. The average molecular weight is 266 g/mol. The molecular formula is C15H26O2Si. The molecule has 0 amide bonds. The Kier molecular flexibility index (Phi) is 9.67. The topological polar surface area (TPSA) is 40.5 Å². The van der Waals surface area contributed by atoms with Gasteiger partial charge in [-0.25, -0.2) is 0 Å². The number of hydrogen-bond acceptors (Lipinski definition) is 2. The lowest BCUT2D eigenvalue weighted by Crippen LogP contribution is -2.29. The van der Waals surface area contributed by atoms with Crippen molar-refractivity contribution in [3.05, 3.63) is 23.8 Å². The smallest absolute Gasteiger partial charge is 0.138 e. The molecule has 0 atom stereocenters. The maximum atomic E-state index is 8.99. The van der Waals surface area contributed by atoms with Gasteiger partial charge in [0.1, 0.15) is 8.07 Å². The highest BCUT2D eigenvalue weighted by atomic mass is 28.3. The highest BCUT2D eigenvalue weighted by Crippen LogP contribution is 2.19. The largest absolute Gasteiger partial charge is 0.392 e. The van der Waals surface area contributed by atoms with Crippen molar-refractivity contribution in [1.29, 1.82) is 0 Å². The molecule has 102 valence electrons.